The van der Waals surface area contributed by atoms with Crippen LogP contribution in [-0.2, 0) is 17.1 Å². The zero-order valence-electron chi connectivity index (χ0n) is 10.00. The molecule has 0 bridgehead atoms. The summed E-state index contributed by atoms with van der Waals surface area (Å²) in [5, 5.41) is 9.24. The molecular weight excluding hydrogens is 242 g/mol. The lowest BCUT2D eigenvalue weighted by Crippen LogP contribution is -2.37. The first kappa shape index (κ1) is 12.5. The molecule has 2 heterocycles. The molecule has 0 radical (unpaired) electrons. The molecule has 6 nitrogen and oxygen atoms in total. The van der Waals surface area contributed by atoms with Crippen molar-refractivity contribution in [2.75, 3.05) is 13.2 Å². The van der Waals surface area contributed by atoms with Gasteiger partial charge in [-0.3, -0.25) is 0 Å². The third kappa shape index (κ3) is 2.10. The minimum Gasteiger partial charge on any atom is -0.395 e. The molecule has 1 saturated heterocycles. The molecule has 1 aromatic heterocycles. The molecule has 7 heteroatoms. The third-order valence-corrected chi connectivity index (χ3v) is 5.02. The standard InChI is InChI=1S/C10H17N3O3S/c1-8-11-10(6-12(8)2)17(15,16)13-5-3-4-9(13)7-14/h6,9,14H,3-5,7H2,1-2H3/t9-/m1/s1. The van der Waals surface area contributed by atoms with Crippen LogP contribution >= 0.6 is 0 Å². The highest BCUT2D eigenvalue weighted by molar-refractivity contribution is 7.89. The normalized spacial score (nSPS) is 22.2. The van der Waals surface area contributed by atoms with E-state index in [1.54, 1.807) is 18.5 Å². The van der Waals surface area contributed by atoms with Gasteiger partial charge in [0.15, 0.2) is 5.03 Å². The average Bonchev–Trinajstić information content (AvgIpc) is 2.86. The van der Waals surface area contributed by atoms with Gasteiger partial charge in [0.05, 0.1) is 6.61 Å². The van der Waals surface area contributed by atoms with Gasteiger partial charge in [-0.1, -0.05) is 0 Å². The SMILES string of the molecule is Cc1nc(S(=O)(=O)N2CCC[C@@H]2CO)cn1C. The Bertz CT molecular complexity index is 489. The molecule has 0 amide bonds. The van der Waals surface area contributed by atoms with Crippen LogP contribution in [0.5, 0.6) is 0 Å². The number of sulfonamides is 1. The van der Waals surface area contributed by atoms with E-state index < -0.39 is 10.0 Å². The lowest BCUT2D eigenvalue weighted by atomic mass is 10.2. The Labute approximate surface area is 101 Å². The zero-order valence-corrected chi connectivity index (χ0v) is 10.8. The van der Waals surface area contributed by atoms with Gasteiger partial charge in [0.25, 0.3) is 10.0 Å². The number of aromatic nitrogens is 2. The summed E-state index contributed by atoms with van der Waals surface area (Å²) in [7, 11) is -1.80. The molecule has 0 aliphatic carbocycles. The van der Waals surface area contributed by atoms with Gasteiger partial charge in [0.1, 0.15) is 5.82 Å². The Balaban J connectivity index is 2.36. The van der Waals surface area contributed by atoms with Gasteiger partial charge in [-0.25, -0.2) is 13.4 Å². The summed E-state index contributed by atoms with van der Waals surface area (Å²) < 4.78 is 27.6. The second kappa shape index (κ2) is 4.40. The second-order valence-electron chi connectivity index (χ2n) is 4.33. The third-order valence-electron chi connectivity index (χ3n) is 3.19. The first-order chi connectivity index (χ1) is 7.96. The Morgan fingerprint density at radius 1 is 1.59 bits per heavy atom. The van der Waals surface area contributed by atoms with Crippen LogP contribution in [-0.4, -0.2) is 46.6 Å². The number of aliphatic hydroxyl groups is 1. The Morgan fingerprint density at radius 3 is 2.82 bits per heavy atom. The minimum atomic E-state index is -3.56. The molecule has 0 spiro atoms. The predicted octanol–water partition coefficient (Wildman–Crippen LogP) is -0.126. The number of hydrogen-bond donors (Lipinski definition) is 1. The van der Waals surface area contributed by atoms with Crippen molar-refractivity contribution in [1.82, 2.24) is 13.9 Å². The van der Waals surface area contributed by atoms with Crippen molar-refractivity contribution >= 4 is 10.0 Å². The molecule has 1 atom stereocenters. The van der Waals surface area contributed by atoms with Gasteiger partial charge in [-0.05, 0) is 19.8 Å². The number of aliphatic hydroxyl groups excluding tert-OH is 1. The van der Waals surface area contributed by atoms with Crippen LogP contribution in [0.2, 0.25) is 0 Å². The summed E-state index contributed by atoms with van der Waals surface area (Å²) in [6.45, 7) is 2.08. The molecule has 1 aliphatic rings. The van der Waals surface area contributed by atoms with Crippen molar-refractivity contribution in [3.63, 3.8) is 0 Å². The summed E-state index contributed by atoms with van der Waals surface area (Å²) >= 11 is 0. The lowest BCUT2D eigenvalue weighted by molar-refractivity contribution is 0.213. The van der Waals surface area contributed by atoms with E-state index in [1.807, 2.05) is 0 Å². The molecule has 2 rings (SSSR count). The molecule has 1 fully saturated rings. The highest BCUT2D eigenvalue weighted by atomic mass is 32.2. The molecule has 17 heavy (non-hydrogen) atoms. The van der Waals surface area contributed by atoms with Crippen molar-refractivity contribution in [3.05, 3.63) is 12.0 Å². The fourth-order valence-electron chi connectivity index (χ4n) is 2.08. The highest BCUT2D eigenvalue weighted by Gasteiger charge is 2.36. The van der Waals surface area contributed by atoms with E-state index >= 15 is 0 Å². The number of imidazole rings is 1. The lowest BCUT2D eigenvalue weighted by Gasteiger charge is -2.20. The fraction of sp³-hybridized carbons (Fsp3) is 0.700. The number of rotatable bonds is 3. The topological polar surface area (TPSA) is 75.4 Å². The molecule has 0 saturated carbocycles. The van der Waals surface area contributed by atoms with Crippen molar-refractivity contribution in [1.29, 1.82) is 0 Å². The van der Waals surface area contributed by atoms with Crippen molar-refractivity contribution < 1.29 is 13.5 Å². The van der Waals surface area contributed by atoms with Gasteiger partial charge < -0.3 is 9.67 Å². The molecule has 1 aliphatic heterocycles. The summed E-state index contributed by atoms with van der Waals surface area (Å²) in [5.41, 5.74) is 0. The van der Waals surface area contributed by atoms with Gasteiger partial charge in [-0.15, -0.1) is 0 Å². The second-order valence-corrected chi connectivity index (χ2v) is 6.17. The zero-order chi connectivity index (χ0) is 12.6. The molecule has 1 N–H and O–H groups in total. The van der Waals surface area contributed by atoms with Crippen molar-refractivity contribution in [2.45, 2.75) is 30.8 Å². The van der Waals surface area contributed by atoms with Gasteiger partial charge in [-0.2, -0.15) is 4.31 Å². The van der Waals surface area contributed by atoms with E-state index in [-0.39, 0.29) is 17.7 Å². The van der Waals surface area contributed by atoms with Gasteiger partial charge in [0.2, 0.25) is 0 Å². The summed E-state index contributed by atoms with van der Waals surface area (Å²) in [6, 6.07) is -0.303. The van der Waals surface area contributed by atoms with Gasteiger partial charge >= 0.3 is 0 Å². The van der Waals surface area contributed by atoms with Crippen molar-refractivity contribution in [2.24, 2.45) is 7.05 Å². The van der Waals surface area contributed by atoms with Crippen LogP contribution in [0.25, 0.3) is 0 Å². The largest absolute Gasteiger partial charge is 0.395 e. The Hall–Kier alpha value is -0.920. The van der Waals surface area contributed by atoms with Crippen LogP contribution in [0.15, 0.2) is 11.2 Å². The van der Waals surface area contributed by atoms with Gasteiger partial charge in [0, 0.05) is 25.8 Å². The molecule has 96 valence electrons. The van der Waals surface area contributed by atoms with Crippen LogP contribution in [0.4, 0.5) is 0 Å². The average molecular weight is 259 g/mol. The summed E-state index contributed by atoms with van der Waals surface area (Å²) in [5.74, 6) is 0.656. The Morgan fingerprint density at radius 2 is 2.29 bits per heavy atom. The molecule has 1 aromatic rings. The van der Waals surface area contributed by atoms with E-state index in [4.69, 9.17) is 0 Å². The van der Waals surface area contributed by atoms with Crippen LogP contribution in [0.3, 0.4) is 0 Å². The van der Waals surface area contributed by atoms with E-state index in [2.05, 4.69) is 4.98 Å². The maximum absolute atomic E-state index is 12.3. The molecule has 0 unspecified atom stereocenters. The van der Waals surface area contributed by atoms with Crippen LogP contribution in [0.1, 0.15) is 18.7 Å². The van der Waals surface area contributed by atoms with E-state index in [1.165, 1.54) is 10.5 Å². The van der Waals surface area contributed by atoms with Crippen molar-refractivity contribution in [3.8, 4) is 0 Å². The summed E-state index contributed by atoms with van der Waals surface area (Å²) in [6.07, 6.45) is 3.01. The van der Waals surface area contributed by atoms with Crippen LogP contribution in [0, 0.1) is 6.92 Å². The monoisotopic (exact) mass is 259 g/mol. The van der Waals surface area contributed by atoms with E-state index in [0.717, 1.165) is 6.42 Å². The molecule has 0 aromatic carbocycles. The highest BCUT2D eigenvalue weighted by Crippen LogP contribution is 2.25. The first-order valence-corrected chi connectivity index (χ1v) is 7.03. The maximum atomic E-state index is 12.3. The van der Waals surface area contributed by atoms with Crippen LogP contribution < -0.4 is 0 Å². The Kier molecular flexibility index (Phi) is 3.24. The summed E-state index contributed by atoms with van der Waals surface area (Å²) in [4.78, 5) is 4.05. The van der Waals surface area contributed by atoms with E-state index in [0.29, 0.717) is 18.8 Å². The quantitative estimate of drug-likeness (QED) is 0.820. The number of aryl methyl sites for hydroxylation is 2. The first-order valence-electron chi connectivity index (χ1n) is 5.59. The number of hydrogen-bond acceptors (Lipinski definition) is 4. The number of nitrogens with zero attached hydrogens (tertiary/aromatic N) is 3. The molecular formula is C10H17N3O3S. The minimum absolute atomic E-state index is 0.0675. The fourth-order valence-corrected chi connectivity index (χ4v) is 3.79. The van der Waals surface area contributed by atoms with E-state index in [9.17, 15) is 13.5 Å². The smallest absolute Gasteiger partial charge is 0.262 e. The predicted molar refractivity (Wildman–Crippen MR) is 61.9 cm³/mol. The maximum Gasteiger partial charge on any atom is 0.262 e.